The van der Waals surface area contributed by atoms with Crippen molar-refractivity contribution >= 4 is 5.91 Å². The number of carbonyl (C=O) groups is 1. The second-order valence-electron chi connectivity index (χ2n) is 4.67. The second-order valence-corrected chi connectivity index (χ2v) is 4.67. The first kappa shape index (κ1) is 16.5. The number of primary amides is 1. The lowest BCUT2D eigenvalue weighted by molar-refractivity contribution is -0.147. The molecule has 1 aromatic rings. The molecule has 0 aliphatic heterocycles. The molecule has 0 fully saturated rings. The third-order valence-electron chi connectivity index (χ3n) is 3.07. The van der Waals surface area contributed by atoms with Gasteiger partial charge in [0, 0.05) is 6.54 Å². The number of hydrogen-bond acceptors (Lipinski definition) is 3. The summed E-state index contributed by atoms with van der Waals surface area (Å²) in [6.45, 7) is -1.29. The number of carbonyl (C=O) groups excluding carboxylic acids is 1. The number of nitrogens with two attached hydrogens (primary N) is 1. The van der Waals surface area contributed by atoms with E-state index in [2.05, 4.69) is 5.32 Å². The van der Waals surface area contributed by atoms with Crippen LogP contribution in [0.25, 0.3) is 0 Å². The molecule has 0 aromatic heterocycles. The van der Waals surface area contributed by atoms with Crippen LogP contribution in [0.5, 0.6) is 0 Å². The first-order valence-electron chi connectivity index (χ1n) is 6.01. The molecular weight excluding hydrogens is 271 g/mol. The predicted octanol–water partition coefficient (Wildman–Crippen LogP) is 1.08. The van der Waals surface area contributed by atoms with E-state index in [-0.39, 0.29) is 6.54 Å². The van der Waals surface area contributed by atoms with E-state index >= 15 is 0 Å². The molecule has 1 unspecified atom stereocenters. The number of rotatable bonds is 6. The lowest BCUT2D eigenvalue weighted by atomic mass is 9.88. The highest BCUT2D eigenvalue weighted by Gasteiger charge is 2.40. The number of halogens is 3. The average Bonchev–Trinajstić information content (AvgIpc) is 2.34. The summed E-state index contributed by atoms with van der Waals surface area (Å²) in [6.07, 6.45) is -4.33. The summed E-state index contributed by atoms with van der Waals surface area (Å²) in [7, 11) is 2.80. The normalized spacial score (nSPS) is 15.1. The first-order valence-corrected chi connectivity index (χ1v) is 6.01. The highest BCUT2D eigenvalue weighted by molar-refractivity contribution is 5.86. The fraction of sp³-hybridized carbons (Fsp3) is 0.462. The molecule has 0 saturated heterocycles. The van der Waals surface area contributed by atoms with Crippen LogP contribution >= 0.6 is 0 Å². The fourth-order valence-electron chi connectivity index (χ4n) is 2.15. The van der Waals surface area contributed by atoms with Crippen molar-refractivity contribution in [3.05, 3.63) is 35.9 Å². The van der Waals surface area contributed by atoms with E-state index in [1.165, 1.54) is 14.1 Å². The minimum atomic E-state index is -4.33. The molecule has 0 radical (unpaired) electrons. The number of benzene rings is 1. The van der Waals surface area contributed by atoms with Crippen LogP contribution in [0.3, 0.4) is 0 Å². The third kappa shape index (κ3) is 3.94. The van der Waals surface area contributed by atoms with Crippen molar-refractivity contribution in [3.63, 3.8) is 0 Å². The van der Waals surface area contributed by atoms with Gasteiger partial charge in [-0.25, -0.2) is 0 Å². The molecule has 1 aromatic carbocycles. The molecule has 20 heavy (non-hydrogen) atoms. The molecule has 0 aliphatic rings. The summed E-state index contributed by atoms with van der Waals surface area (Å²) in [5.74, 6) is -0.722. The van der Waals surface area contributed by atoms with Crippen LogP contribution in [0.2, 0.25) is 0 Å². The standard InChI is InChI=1S/C13H18F3N3O/c1-18-12(11(17)20,10-6-4-3-5-7-10)8-19(2)9-13(14,15)16/h3-7,18H,8-9H2,1-2H3,(H2,17,20). The highest BCUT2D eigenvalue weighted by Crippen LogP contribution is 2.23. The lowest BCUT2D eigenvalue weighted by Gasteiger charge is -2.35. The molecule has 1 amide bonds. The quantitative estimate of drug-likeness (QED) is 0.824. The number of likely N-dealkylation sites (N-methyl/N-ethyl adjacent to an activating group) is 2. The predicted molar refractivity (Wildman–Crippen MR) is 69.9 cm³/mol. The van der Waals surface area contributed by atoms with Gasteiger partial charge < -0.3 is 11.1 Å². The zero-order chi connectivity index (χ0) is 15.4. The summed E-state index contributed by atoms with van der Waals surface area (Å²) in [5.41, 5.74) is 4.59. The molecule has 0 heterocycles. The molecule has 0 saturated carbocycles. The highest BCUT2D eigenvalue weighted by atomic mass is 19.4. The van der Waals surface area contributed by atoms with Gasteiger partial charge in [-0.2, -0.15) is 13.2 Å². The zero-order valence-corrected chi connectivity index (χ0v) is 11.4. The SMILES string of the molecule is CNC(CN(C)CC(F)(F)F)(C(N)=O)c1ccccc1. The molecule has 1 rings (SSSR count). The monoisotopic (exact) mass is 289 g/mol. The van der Waals surface area contributed by atoms with Crippen LogP contribution in [0.1, 0.15) is 5.56 Å². The largest absolute Gasteiger partial charge is 0.401 e. The average molecular weight is 289 g/mol. The van der Waals surface area contributed by atoms with Gasteiger partial charge in [-0.1, -0.05) is 30.3 Å². The summed E-state index contributed by atoms with van der Waals surface area (Å²) >= 11 is 0. The number of hydrogen-bond donors (Lipinski definition) is 2. The number of nitrogens with one attached hydrogen (secondary N) is 1. The molecule has 0 aliphatic carbocycles. The van der Waals surface area contributed by atoms with Gasteiger partial charge in [-0.15, -0.1) is 0 Å². The Hall–Kier alpha value is -1.60. The molecule has 112 valence electrons. The van der Waals surface area contributed by atoms with Crippen molar-refractivity contribution in [1.29, 1.82) is 0 Å². The fourth-order valence-corrected chi connectivity index (χ4v) is 2.15. The van der Waals surface area contributed by atoms with Crippen LogP contribution < -0.4 is 11.1 Å². The van der Waals surface area contributed by atoms with Gasteiger partial charge in [0.25, 0.3) is 0 Å². The molecule has 0 bridgehead atoms. The summed E-state index contributed by atoms with van der Waals surface area (Å²) in [5, 5.41) is 2.76. The summed E-state index contributed by atoms with van der Waals surface area (Å²) in [4.78, 5) is 12.8. The summed E-state index contributed by atoms with van der Waals surface area (Å²) < 4.78 is 37.2. The van der Waals surface area contributed by atoms with Crippen molar-refractivity contribution < 1.29 is 18.0 Å². The maximum absolute atomic E-state index is 12.4. The van der Waals surface area contributed by atoms with E-state index in [0.717, 1.165) is 4.90 Å². The van der Waals surface area contributed by atoms with Gasteiger partial charge >= 0.3 is 6.18 Å². The van der Waals surface area contributed by atoms with Crippen LogP contribution in [-0.4, -0.2) is 44.2 Å². The van der Waals surface area contributed by atoms with E-state index in [1.54, 1.807) is 30.3 Å². The molecule has 3 N–H and O–H groups in total. The Bertz CT molecular complexity index is 450. The third-order valence-corrected chi connectivity index (χ3v) is 3.07. The van der Waals surface area contributed by atoms with Gasteiger partial charge in [0.1, 0.15) is 5.54 Å². The van der Waals surface area contributed by atoms with E-state index in [0.29, 0.717) is 5.56 Å². The Balaban J connectivity index is 3.05. The topological polar surface area (TPSA) is 58.4 Å². The second kappa shape index (κ2) is 6.23. The number of alkyl halides is 3. The first-order chi connectivity index (χ1) is 9.21. The Kier molecular flexibility index (Phi) is 5.13. The Morgan fingerprint density at radius 1 is 1.25 bits per heavy atom. The molecule has 4 nitrogen and oxygen atoms in total. The van der Waals surface area contributed by atoms with Crippen LogP contribution in [0.15, 0.2) is 30.3 Å². The van der Waals surface area contributed by atoms with Crippen LogP contribution in [0, 0.1) is 0 Å². The maximum atomic E-state index is 12.4. The van der Waals surface area contributed by atoms with Gasteiger partial charge in [0.05, 0.1) is 6.54 Å². The number of nitrogens with zero attached hydrogens (tertiary/aromatic N) is 1. The van der Waals surface area contributed by atoms with Gasteiger partial charge in [0.15, 0.2) is 0 Å². The maximum Gasteiger partial charge on any atom is 0.401 e. The Labute approximate surface area is 115 Å². The van der Waals surface area contributed by atoms with Crippen LogP contribution in [0.4, 0.5) is 13.2 Å². The minimum Gasteiger partial charge on any atom is -0.368 e. The van der Waals surface area contributed by atoms with Crippen molar-refractivity contribution in [2.24, 2.45) is 5.73 Å². The Morgan fingerprint density at radius 2 is 1.80 bits per heavy atom. The van der Waals surface area contributed by atoms with E-state index < -0.39 is 24.2 Å². The number of amides is 1. The molecular formula is C13H18F3N3O. The zero-order valence-electron chi connectivity index (χ0n) is 11.4. The van der Waals surface area contributed by atoms with Crippen molar-refractivity contribution in [2.75, 3.05) is 27.2 Å². The molecule has 7 heteroatoms. The smallest absolute Gasteiger partial charge is 0.368 e. The van der Waals surface area contributed by atoms with Gasteiger partial charge in [0.2, 0.25) is 5.91 Å². The van der Waals surface area contributed by atoms with E-state index in [9.17, 15) is 18.0 Å². The van der Waals surface area contributed by atoms with Crippen molar-refractivity contribution in [1.82, 2.24) is 10.2 Å². The summed E-state index contributed by atoms with van der Waals surface area (Å²) in [6, 6.07) is 8.47. The van der Waals surface area contributed by atoms with Gasteiger partial charge in [-0.3, -0.25) is 9.69 Å². The Morgan fingerprint density at radius 3 is 2.20 bits per heavy atom. The van der Waals surface area contributed by atoms with E-state index in [1.807, 2.05) is 0 Å². The minimum absolute atomic E-state index is 0.178. The van der Waals surface area contributed by atoms with E-state index in [4.69, 9.17) is 5.73 Å². The van der Waals surface area contributed by atoms with Gasteiger partial charge in [-0.05, 0) is 19.7 Å². The molecule has 1 atom stereocenters. The van der Waals surface area contributed by atoms with Crippen molar-refractivity contribution in [3.8, 4) is 0 Å². The van der Waals surface area contributed by atoms with Crippen molar-refractivity contribution in [2.45, 2.75) is 11.7 Å². The molecule has 0 spiro atoms. The lowest BCUT2D eigenvalue weighted by Crippen LogP contribution is -2.58. The van der Waals surface area contributed by atoms with Crippen LogP contribution in [-0.2, 0) is 10.3 Å².